The number of nitrogen functional groups attached to an aromatic ring is 1. The molecule has 10 heteroatoms. The van der Waals surface area contributed by atoms with Gasteiger partial charge in [-0.25, -0.2) is 9.99 Å². The lowest BCUT2D eigenvalue weighted by molar-refractivity contribution is -0.130. The Bertz CT molecular complexity index is 1190. The molecule has 0 aromatic carbocycles. The van der Waals surface area contributed by atoms with Gasteiger partial charge in [0, 0.05) is 6.42 Å². The quantitative estimate of drug-likeness (QED) is 0.607. The van der Waals surface area contributed by atoms with Gasteiger partial charge in [0.1, 0.15) is 34.8 Å². The summed E-state index contributed by atoms with van der Waals surface area (Å²) in [6, 6.07) is 12.4. The molecule has 0 radical (unpaired) electrons. The highest BCUT2D eigenvalue weighted by Gasteiger charge is 2.35. The van der Waals surface area contributed by atoms with Crippen LogP contribution in [0.1, 0.15) is 34.2 Å². The van der Waals surface area contributed by atoms with Gasteiger partial charge in [-0.05, 0) is 29.6 Å². The second-order valence-corrected chi connectivity index (χ2v) is 8.20. The number of hydrogen-bond donors (Lipinski definition) is 1. The van der Waals surface area contributed by atoms with Gasteiger partial charge in [-0.15, -0.1) is 11.3 Å². The lowest BCUT2D eigenvalue weighted by Gasteiger charge is -2.19. The van der Waals surface area contributed by atoms with E-state index in [2.05, 4.69) is 10.1 Å². The van der Waals surface area contributed by atoms with Crippen molar-refractivity contribution in [1.29, 1.82) is 10.5 Å². The predicted molar refractivity (Wildman–Crippen MR) is 113 cm³/mol. The van der Waals surface area contributed by atoms with Crippen LogP contribution in [-0.4, -0.2) is 27.4 Å². The third-order valence-corrected chi connectivity index (χ3v) is 6.33. The molecular weight excluding hydrogens is 420 g/mol. The molecule has 3 aromatic heterocycles. The average molecular weight is 435 g/mol. The van der Waals surface area contributed by atoms with E-state index in [0.29, 0.717) is 17.2 Å². The van der Waals surface area contributed by atoms with E-state index in [9.17, 15) is 10.1 Å². The Hall–Kier alpha value is -3.60. The van der Waals surface area contributed by atoms with Crippen molar-refractivity contribution in [3.63, 3.8) is 0 Å². The van der Waals surface area contributed by atoms with Gasteiger partial charge in [0.25, 0.3) is 5.91 Å². The Morgan fingerprint density at radius 3 is 2.83 bits per heavy atom. The van der Waals surface area contributed by atoms with Crippen LogP contribution in [0.3, 0.4) is 0 Å². The standard InChI is InChI=1S/C20H14N6O2S2/c21-9-12-7-13(10-22)20(24-19(12)23)30-11-18(27)26-15(16-3-1-5-28-16)8-14(25-26)17-4-2-6-29-17/h1-7,15H,8,11H2,(H2,23,24)/t15-/m1/s1. The number of carbonyl (C=O) groups excluding carboxylic acids is 1. The predicted octanol–water partition coefficient (Wildman–Crippen LogP) is 3.53. The van der Waals surface area contributed by atoms with E-state index in [1.54, 1.807) is 23.7 Å². The highest BCUT2D eigenvalue weighted by molar-refractivity contribution is 8.00. The molecule has 3 aromatic rings. The SMILES string of the molecule is N#Cc1cc(C#N)c(SCC(=O)N2N=C(c3cccs3)C[C@@H]2c2ccco2)nc1N. The minimum Gasteiger partial charge on any atom is -0.467 e. The van der Waals surface area contributed by atoms with E-state index in [0.717, 1.165) is 22.4 Å². The largest absolute Gasteiger partial charge is 0.467 e. The van der Waals surface area contributed by atoms with Gasteiger partial charge < -0.3 is 10.2 Å². The van der Waals surface area contributed by atoms with Gasteiger partial charge in [-0.2, -0.15) is 15.6 Å². The Kier molecular flexibility index (Phi) is 5.53. The van der Waals surface area contributed by atoms with Crippen LogP contribution in [0.25, 0.3) is 0 Å². The molecule has 148 valence electrons. The van der Waals surface area contributed by atoms with Gasteiger partial charge in [0.05, 0.1) is 33.7 Å². The molecule has 1 amide bonds. The fraction of sp³-hybridized carbons (Fsp3) is 0.150. The van der Waals surface area contributed by atoms with Crippen molar-refractivity contribution in [2.75, 3.05) is 11.5 Å². The van der Waals surface area contributed by atoms with E-state index in [-0.39, 0.29) is 34.6 Å². The van der Waals surface area contributed by atoms with Crippen molar-refractivity contribution in [3.05, 3.63) is 63.7 Å². The first-order valence-electron chi connectivity index (χ1n) is 8.81. The van der Waals surface area contributed by atoms with Crippen LogP contribution in [0.5, 0.6) is 0 Å². The van der Waals surface area contributed by atoms with Crippen LogP contribution in [0.4, 0.5) is 5.82 Å². The molecule has 0 saturated heterocycles. The summed E-state index contributed by atoms with van der Waals surface area (Å²) < 4.78 is 5.53. The van der Waals surface area contributed by atoms with Crippen molar-refractivity contribution in [1.82, 2.24) is 9.99 Å². The Balaban J connectivity index is 1.56. The number of aromatic nitrogens is 1. The summed E-state index contributed by atoms with van der Waals surface area (Å²) >= 11 is 2.65. The minimum atomic E-state index is -0.334. The minimum absolute atomic E-state index is 0.00541. The third-order valence-electron chi connectivity index (χ3n) is 4.43. The van der Waals surface area contributed by atoms with E-state index in [1.165, 1.54) is 11.1 Å². The van der Waals surface area contributed by atoms with Gasteiger partial charge >= 0.3 is 0 Å². The number of carbonyl (C=O) groups is 1. The molecule has 0 unspecified atom stereocenters. The second kappa shape index (κ2) is 8.41. The van der Waals surface area contributed by atoms with Crippen molar-refractivity contribution in [3.8, 4) is 12.1 Å². The van der Waals surface area contributed by atoms with Crippen molar-refractivity contribution in [2.24, 2.45) is 5.10 Å². The van der Waals surface area contributed by atoms with Gasteiger partial charge in [0.2, 0.25) is 0 Å². The summed E-state index contributed by atoms with van der Waals surface area (Å²) in [6.45, 7) is 0. The van der Waals surface area contributed by atoms with Crippen LogP contribution in [0, 0.1) is 22.7 Å². The molecule has 4 rings (SSSR count). The summed E-state index contributed by atoms with van der Waals surface area (Å²) in [7, 11) is 0. The van der Waals surface area contributed by atoms with Crippen LogP contribution in [0.2, 0.25) is 0 Å². The Labute approximate surface area is 180 Å². The zero-order valence-corrected chi connectivity index (χ0v) is 17.1. The number of anilines is 1. The molecule has 2 N–H and O–H groups in total. The summed E-state index contributed by atoms with van der Waals surface area (Å²) in [5.41, 5.74) is 6.91. The maximum absolute atomic E-state index is 13.0. The van der Waals surface area contributed by atoms with Crippen molar-refractivity contribution in [2.45, 2.75) is 17.5 Å². The van der Waals surface area contributed by atoms with Crippen LogP contribution < -0.4 is 5.73 Å². The first-order valence-corrected chi connectivity index (χ1v) is 10.7. The molecule has 0 saturated carbocycles. The molecule has 0 bridgehead atoms. The van der Waals surface area contributed by atoms with E-state index in [1.807, 2.05) is 35.7 Å². The molecule has 0 spiro atoms. The van der Waals surface area contributed by atoms with Crippen molar-refractivity contribution < 1.29 is 9.21 Å². The second-order valence-electron chi connectivity index (χ2n) is 6.28. The number of nitrogens with two attached hydrogens (primary N) is 1. The molecule has 0 fully saturated rings. The number of rotatable bonds is 5. The Morgan fingerprint density at radius 2 is 2.17 bits per heavy atom. The smallest absolute Gasteiger partial charge is 0.253 e. The molecular formula is C20H14N6O2S2. The summed E-state index contributed by atoms with van der Waals surface area (Å²) in [4.78, 5) is 18.1. The monoisotopic (exact) mass is 434 g/mol. The highest BCUT2D eigenvalue weighted by atomic mass is 32.2. The Morgan fingerprint density at radius 1 is 1.33 bits per heavy atom. The zero-order valence-electron chi connectivity index (χ0n) is 15.5. The molecule has 1 atom stereocenters. The maximum Gasteiger partial charge on any atom is 0.253 e. The number of amides is 1. The van der Waals surface area contributed by atoms with Gasteiger partial charge in [-0.3, -0.25) is 4.79 Å². The number of hydrazone groups is 1. The molecule has 0 aliphatic carbocycles. The van der Waals surface area contributed by atoms with Crippen LogP contribution in [-0.2, 0) is 4.79 Å². The van der Waals surface area contributed by atoms with Crippen LogP contribution >= 0.6 is 23.1 Å². The average Bonchev–Trinajstić information content (AvgIpc) is 3.52. The molecule has 4 heterocycles. The van der Waals surface area contributed by atoms with Gasteiger partial charge in [-0.1, -0.05) is 17.8 Å². The highest BCUT2D eigenvalue weighted by Crippen LogP contribution is 2.35. The number of furan rings is 1. The number of thiophene rings is 1. The molecule has 1 aliphatic heterocycles. The molecule has 1 aliphatic rings. The van der Waals surface area contributed by atoms with E-state index < -0.39 is 0 Å². The lowest BCUT2D eigenvalue weighted by atomic mass is 10.1. The fourth-order valence-corrected chi connectivity index (χ4v) is 4.56. The molecule has 30 heavy (non-hydrogen) atoms. The first-order chi connectivity index (χ1) is 14.6. The third kappa shape index (κ3) is 3.79. The molecule has 8 nitrogen and oxygen atoms in total. The number of pyridine rings is 1. The summed E-state index contributed by atoms with van der Waals surface area (Å²) in [5.74, 6) is 0.439. The zero-order chi connectivity index (χ0) is 21.1. The summed E-state index contributed by atoms with van der Waals surface area (Å²) in [5, 5.41) is 26.6. The summed E-state index contributed by atoms with van der Waals surface area (Å²) in [6.07, 6.45) is 2.12. The number of thioether (sulfide) groups is 1. The van der Waals surface area contributed by atoms with Crippen LogP contribution in [0.15, 0.2) is 56.5 Å². The topological polar surface area (TPSA) is 132 Å². The van der Waals surface area contributed by atoms with E-state index in [4.69, 9.17) is 15.4 Å². The first kappa shape index (κ1) is 19.7. The van der Waals surface area contributed by atoms with E-state index >= 15 is 0 Å². The van der Waals surface area contributed by atoms with Gasteiger partial charge in [0.15, 0.2) is 0 Å². The number of nitriles is 2. The lowest BCUT2D eigenvalue weighted by Crippen LogP contribution is -2.28. The fourth-order valence-electron chi connectivity index (χ4n) is 3.02. The number of nitrogens with zero attached hydrogens (tertiary/aromatic N) is 5. The maximum atomic E-state index is 13.0. The number of hydrogen-bond acceptors (Lipinski definition) is 9. The van der Waals surface area contributed by atoms with Crippen molar-refractivity contribution >= 4 is 40.5 Å². The normalized spacial score (nSPS) is 15.5.